The summed E-state index contributed by atoms with van der Waals surface area (Å²) in [4.78, 5) is 196. The lowest BCUT2D eigenvalue weighted by Gasteiger charge is -2.32. The van der Waals surface area contributed by atoms with Gasteiger partial charge < -0.3 is 99.1 Å². The lowest BCUT2D eigenvalue weighted by atomic mass is 10.0. The minimum absolute atomic E-state index is 0.000356. The molecule has 3 fully saturated rings. The van der Waals surface area contributed by atoms with Crippen LogP contribution in [-0.2, 0) is 81.6 Å². The summed E-state index contributed by atoms with van der Waals surface area (Å²) in [5, 5.41) is 62.2. The van der Waals surface area contributed by atoms with Crippen LogP contribution < -0.4 is 54.0 Å². The molecule has 1 aromatic carbocycles. The fourth-order valence-electron chi connectivity index (χ4n) is 11.8. The number of aromatic nitrogens is 4. The molecule has 526 valence electrons. The predicted octanol–water partition coefficient (Wildman–Crippen LogP) is -5.24. The van der Waals surface area contributed by atoms with Crippen LogP contribution in [0.25, 0.3) is 0 Å². The molecule has 34 nitrogen and oxygen atoms in total. The lowest BCUT2D eigenvalue weighted by molar-refractivity contribution is -0.146. The summed E-state index contributed by atoms with van der Waals surface area (Å²) in [6, 6.07) is -8.39. The molecule has 3 aliphatic rings. The SMILES string of the molecule is CC(C)C[C@H](NC(=O)[C@@H]1CCCN1C(=O)[C@H](Cc1cnc[nH]1)NC(=O)[C@@H](NC(=O)[C@@H]1CCCN1C(=O)[C@H](CO)NC(=O)[C@@H](NC(=O)[C@@H]1CCCN1C(=O)[C@H](CC(N)=O)NC(=O)[C@@H](NC(=O)[C@H](Cc1cnc[nH]1)NC(=O)[C@@H](N)Cc1ccccc1)C(C)C)[C@@H](C)O)[C@@H](C)O)C(=O)O. The van der Waals surface area contributed by atoms with Crippen LogP contribution in [0.2, 0.25) is 0 Å². The largest absolute Gasteiger partial charge is 0.480 e. The number of nitrogens with one attached hydrogen (secondary N) is 10. The number of rotatable bonds is 34. The number of likely N-dealkylation sites (tertiary alicyclic amines) is 3. The number of carboxylic acid groups (broad SMARTS) is 1. The minimum atomic E-state index is -1.85. The second-order valence-corrected chi connectivity index (χ2v) is 25.2. The fraction of sp³-hybridized carbons (Fsp3) is 0.597. The molecule has 0 radical (unpaired) electrons. The maximum Gasteiger partial charge on any atom is 0.326 e. The maximum atomic E-state index is 14.4. The van der Waals surface area contributed by atoms with Gasteiger partial charge in [-0.25, -0.2) is 14.8 Å². The Morgan fingerprint density at radius 2 is 0.958 bits per heavy atom. The van der Waals surface area contributed by atoms with E-state index in [-0.39, 0.29) is 83.3 Å². The monoisotopic (exact) mass is 1350 g/mol. The molecule has 2 aromatic heterocycles. The number of aliphatic hydroxyl groups excluding tert-OH is 3. The number of primary amides is 1. The Kier molecular flexibility index (Phi) is 27.9. The van der Waals surface area contributed by atoms with Crippen molar-refractivity contribution in [2.45, 2.75) is 197 Å². The van der Waals surface area contributed by atoms with E-state index in [4.69, 9.17) is 11.5 Å². The summed E-state index contributed by atoms with van der Waals surface area (Å²) in [6.07, 6.45) is 2.39. The van der Waals surface area contributed by atoms with Gasteiger partial charge in [0.15, 0.2) is 0 Å². The van der Waals surface area contributed by atoms with E-state index in [1.165, 1.54) is 36.9 Å². The van der Waals surface area contributed by atoms with Crippen LogP contribution in [-0.4, -0.2) is 243 Å². The average molecular weight is 1350 g/mol. The summed E-state index contributed by atoms with van der Waals surface area (Å²) >= 11 is 0. The number of aliphatic hydroxyl groups is 3. The molecule has 0 spiro atoms. The molecule has 3 aliphatic heterocycles. The van der Waals surface area contributed by atoms with Crippen molar-refractivity contribution < 1.29 is 82.8 Å². The Balaban J connectivity index is 1.09. The zero-order valence-electron chi connectivity index (χ0n) is 54.5. The Hall–Kier alpha value is -9.41. The number of benzene rings is 1. The van der Waals surface area contributed by atoms with Crippen molar-refractivity contribution in [2.24, 2.45) is 23.3 Å². The van der Waals surface area contributed by atoms with Crippen molar-refractivity contribution in [1.29, 1.82) is 0 Å². The van der Waals surface area contributed by atoms with Gasteiger partial charge in [0.2, 0.25) is 70.9 Å². The first-order valence-electron chi connectivity index (χ1n) is 32.1. The molecular weight excluding hydrogens is 1250 g/mol. The van der Waals surface area contributed by atoms with E-state index in [1.54, 1.807) is 58.0 Å². The molecule has 18 N–H and O–H groups in total. The van der Waals surface area contributed by atoms with E-state index >= 15 is 0 Å². The molecule has 6 rings (SSSR count). The summed E-state index contributed by atoms with van der Waals surface area (Å²) < 4.78 is 0. The molecule has 3 saturated heterocycles. The van der Waals surface area contributed by atoms with Crippen molar-refractivity contribution >= 4 is 76.9 Å². The second-order valence-electron chi connectivity index (χ2n) is 25.2. The van der Waals surface area contributed by atoms with Crippen molar-refractivity contribution in [3.05, 3.63) is 72.3 Å². The number of nitrogens with zero attached hydrogens (tertiary/aromatic N) is 5. The first-order valence-corrected chi connectivity index (χ1v) is 32.1. The van der Waals surface area contributed by atoms with Gasteiger partial charge in [-0.2, -0.15) is 0 Å². The summed E-state index contributed by atoms with van der Waals surface area (Å²) in [6.45, 7) is 7.89. The first kappa shape index (κ1) is 75.6. The number of H-pyrrole nitrogens is 2. The molecule has 5 heterocycles. The van der Waals surface area contributed by atoms with Crippen molar-refractivity contribution in [3.63, 3.8) is 0 Å². The van der Waals surface area contributed by atoms with Crippen LogP contribution in [0.5, 0.6) is 0 Å². The van der Waals surface area contributed by atoms with E-state index in [9.17, 15) is 82.8 Å². The Bertz CT molecular complexity index is 3210. The molecule has 0 unspecified atom stereocenters. The minimum Gasteiger partial charge on any atom is -0.480 e. The fourth-order valence-corrected chi connectivity index (χ4v) is 11.8. The highest BCUT2D eigenvalue weighted by atomic mass is 16.4. The zero-order valence-corrected chi connectivity index (χ0v) is 54.5. The Morgan fingerprint density at radius 3 is 1.39 bits per heavy atom. The van der Waals surface area contributed by atoms with Crippen LogP contribution in [0, 0.1) is 11.8 Å². The number of carbonyl (C=O) groups excluding carboxylic acids is 12. The maximum absolute atomic E-state index is 14.4. The van der Waals surface area contributed by atoms with Gasteiger partial charge in [-0.15, -0.1) is 0 Å². The average Bonchev–Trinajstić information content (AvgIpc) is 1.63. The predicted molar refractivity (Wildman–Crippen MR) is 339 cm³/mol. The number of nitrogens with two attached hydrogens (primary N) is 2. The van der Waals surface area contributed by atoms with Gasteiger partial charge >= 0.3 is 5.97 Å². The standard InChI is InChI=1S/C62H91N17O17/c1-31(2)21-42(62(95)96)72-53(86)44-15-10-18-77(44)59(92)40(24-37-27-66-30-68-37)70-57(90)49(33(5)81)75-55(88)46-17-12-20-79(46)61(94)43(28-80)73-58(91)50(34(6)82)76-54(87)45-16-11-19-78(45)60(93)41(25-47(64)83)71-56(89)48(32(3)4)74-52(85)39(23-36-26-65-29-67-36)69-51(84)38(63)22-35-13-8-7-9-14-35/h7-9,13-14,26-27,29-34,38-46,48-50,80-82H,10-12,15-25,28,63H2,1-6H3,(H2,64,83)(H,65,67)(H,66,68)(H,69,84)(H,70,90)(H,71,89)(H,72,86)(H,73,91)(H,74,85)(H,75,88)(H,76,87)(H,95,96)/t33-,34-,38+,39+,40+,41+,42+,43+,44+,45+,46+,48+,49+,50+/m1/s1. The molecule has 34 heteroatoms. The van der Waals surface area contributed by atoms with E-state index in [0.29, 0.717) is 17.8 Å². The van der Waals surface area contributed by atoms with Crippen LogP contribution >= 0.6 is 0 Å². The van der Waals surface area contributed by atoms with Crippen LogP contribution in [0.3, 0.4) is 0 Å². The van der Waals surface area contributed by atoms with Gasteiger partial charge in [0.25, 0.3) is 0 Å². The summed E-state index contributed by atoms with van der Waals surface area (Å²) in [7, 11) is 0. The normalized spacial score (nSPS) is 19.6. The van der Waals surface area contributed by atoms with E-state index < -0.39 is 181 Å². The van der Waals surface area contributed by atoms with Gasteiger partial charge in [-0.1, -0.05) is 58.0 Å². The van der Waals surface area contributed by atoms with Crippen LogP contribution in [0.15, 0.2) is 55.4 Å². The summed E-state index contributed by atoms with van der Waals surface area (Å²) in [5.74, 6) is -13.0. The molecule has 3 aromatic rings. The van der Waals surface area contributed by atoms with E-state index in [2.05, 4.69) is 62.5 Å². The number of amides is 12. The smallest absolute Gasteiger partial charge is 0.326 e. The Labute approximate surface area is 553 Å². The third-order valence-corrected chi connectivity index (χ3v) is 16.9. The molecule has 0 saturated carbocycles. The third-order valence-electron chi connectivity index (χ3n) is 16.9. The number of hydrogen-bond acceptors (Lipinski definition) is 19. The lowest BCUT2D eigenvalue weighted by Crippen LogP contribution is -2.63. The molecular formula is C62H91N17O17. The summed E-state index contributed by atoms with van der Waals surface area (Å²) in [5.41, 5.74) is 13.4. The highest BCUT2D eigenvalue weighted by Crippen LogP contribution is 2.24. The zero-order chi connectivity index (χ0) is 70.7. The van der Waals surface area contributed by atoms with Crippen LogP contribution in [0.4, 0.5) is 0 Å². The number of aromatic amines is 2. The van der Waals surface area contributed by atoms with E-state index in [0.717, 1.165) is 22.3 Å². The molecule has 0 bridgehead atoms. The van der Waals surface area contributed by atoms with Gasteiger partial charge in [-0.3, -0.25) is 57.5 Å². The topological polar surface area (TPSA) is 518 Å². The number of hydrogen-bond donors (Lipinski definition) is 16. The molecule has 96 heavy (non-hydrogen) atoms. The number of imidazole rings is 2. The van der Waals surface area contributed by atoms with Crippen molar-refractivity contribution in [2.75, 3.05) is 26.2 Å². The molecule has 12 amide bonds. The molecule has 14 atom stereocenters. The van der Waals surface area contributed by atoms with Gasteiger partial charge in [-0.05, 0) is 82.6 Å². The highest BCUT2D eigenvalue weighted by molar-refractivity contribution is 6.01. The quantitative estimate of drug-likeness (QED) is 0.0266. The van der Waals surface area contributed by atoms with Gasteiger partial charge in [0.05, 0.1) is 43.9 Å². The van der Waals surface area contributed by atoms with E-state index in [1.807, 2.05) is 0 Å². The molecule has 0 aliphatic carbocycles. The number of aliphatic carboxylic acids is 1. The second kappa shape index (κ2) is 35.4. The first-order chi connectivity index (χ1) is 45.5. The number of carbonyl (C=O) groups is 13. The van der Waals surface area contributed by atoms with Crippen molar-refractivity contribution in [3.8, 4) is 0 Å². The van der Waals surface area contributed by atoms with Crippen LogP contribution in [0.1, 0.15) is 110 Å². The highest BCUT2D eigenvalue weighted by Gasteiger charge is 2.45. The Morgan fingerprint density at radius 1 is 0.531 bits per heavy atom. The number of carboxylic acids is 1. The van der Waals surface area contributed by atoms with Gasteiger partial charge in [0, 0.05) is 56.3 Å². The third kappa shape index (κ3) is 20.8. The van der Waals surface area contributed by atoms with Crippen molar-refractivity contribution in [1.82, 2.24) is 77.2 Å². The van der Waals surface area contributed by atoms with Gasteiger partial charge in [0.1, 0.15) is 66.5 Å².